The number of anilines is 1. The molecule has 0 unspecified atom stereocenters. The van der Waals surface area contributed by atoms with Gasteiger partial charge in [0, 0.05) is 14.6 Å². The summed E-state index contributed by atoms with van der Waals surface area (Å²) in [5.74, 6) is -1.63. The highest BCUT2D eigenvalue weighted by molar-refractivity contribution is 9.10. The van der Waals surface area contributed by atoms with E-state index in [9.17, 15) is 14.0 Å². The molecule has 3 aromatic rings. The third-order valence-electron chi connectivity index (χ3n) is 3.51. The predicted octanol–water partition coefficient (Wildman–Crippen LogP) is 5.56. The number of hydrogen-bond donors (Lipinski definition) is 1. The van der Waals surface area contributed by atoms with Gasteiger partial charge in [0.1, 0.15) is 10.7 Å². The van der Waals surface area contributed by atoms with E-state index in [2.05, 4.69) is 21.2 Å². The Balaban J connectivity index is 1.67. The van der Waals surface area contributed by atoms with Crippen LogP contribution in [0.25, 0.3) is 10.1 Å². The van der Waals surface area contributed by atoms with E-state index in [1.54, 1.807) is 6.07 Å². The van der Waals surface area contributed by atoms with Crippen LogP contribution in [0.15, 0.2) is 40.9 Å². The smallest absolute Gasteiger partial charge is 0.350 e. The molecule has 0 saturated heterocycles. The average molecular weight is 457 g/mol. The molecule has 1 amide bonds. The Kier molecular flexibility index (Phi) is 5.60. The van der Waals surface area contributed by atoms with Gasteiger partial charge in [-0.1, -0.05) is 17.7 Å². The van der Waals surface area contributed by atoms with Gasteiger partial charge in [-0.3, -0.25) is 4.79 Å². The highest BCUT2D eigenvalue weighted by Crippen LogP contribution is 2.36. The number of carbonyl (C=O) groups is 2. The number of esters is 1. The number of carbonyl (C=O) groups excluding carboxylic acids is 2. The predicted molar refractivity (Wildman–Crippen MR) is 105 cm³/mol. The van der Waals surface area contributed by atoms with Crippen LogP contribution in [0.5, 0.6) is 0 Å². The number of rotatable bonds is 4. The molecule has 2 aromatic carbocycles. The monoisotopic (exact) mass is 455 g/mol. The molecule has 0 saturated carbocycles. The molecular formula is C18H12BrClFNO3S. The van der Waals surface area contributed by atoms with E-state index < -0.39 is 24.3 Å². The van der Waals surface area contributed by atoms with Gasteiger partial charge in [-0.25, -0.2) is 9.18 Å². The van der Waals surface area contributed by atoms with E-state index in [1.165, 1.54) is 18.2 Å². The zero-order valence-corrected chi connectivity index (χ0v) is 16.6. The molecule has 0 bridgehead atoms. The van der Waals surface area contributed by atoms with Crippen molar-refractivity contribution in [1.82, 2.24) is 0 Å². The number of hydrogen-bond acceptors (Lipinski definition) is 4. The van der Waals surface area contributed by atoms with E-state index in [0.29, 0.717) is 15.8 Å². The maximum atomic E-state index is 13.3. The molecule has 1 heterocycles. The summed E-state index contributed by atoms with van der Waals surface area (Å²) >= 11 is 10.5. The maximum Gasteiger partial charge on any atom is 0.350 e. The fourth-order valence-electron chi connectivity index (χ4n) is 2.27. The van der Waals surface area contributed by atoms with Gasteiger partial charge in [0.05, 0.1) is 10.7 Å². The SMILES string of the molecule is Cc1ccc(NC(=O)COC(=O)c2sc3cc(F)ccc3c2Cl)c(Br)c1. The van der Waals surface area contributed by atoms with Crippen LogP contribution in [0.1, 0.15) is 15.2 Å². The molecule has 1 N–H and O–H groups in total. The summed E-state index contributed by atoms with van der Waals surface area (Å²) in [5.41, 5.74) is 1.61. The zero-order valence-electron chi connectivity index (χ0n) is 13.4. The summed E-state index contributed by atoms with van der Waals surface area (Å²) in [7, 11) is 0. The maximum absolute atomic E-state index is 13.3. The average Bonchev–Trinajstić information content (AvgIpc) is 2.91. The first-order valence-corrected chi connectivity index (χ1v) is 9.44. The summed E-state index contributed by atoms with van der Waals surface area (Å²) in [6.45, 7) is 1.47. The van der Waals surface area contributed by atoms with Crippen LogP contribution < -0.4 is 5.32 Å². The molecule has 134 valence electrons. The molecule has 0 atom stereocenters. The second-order valence-electron chi connectivity index (χ2n) is 5.49. The molecule has 3 rings (SSSR count). The Labute approximate surface area is 166 Å². The summed E-state index contributed by atoms with van der Waals surface area (Å²) in [5, 5.41) is 3.41. The van der Waals surface area contributed by atoms with Crippen LogP contribution in [0.4, 0.5) is 10.1 Å². The molecule has 26 heavy (non-hydrogen) atoms. The minimum atomic E-state index is -0.727. The number of thiophene rings is 1. The van der Waals surface area contributed by atoms with Crippen LogP contribution in [0.3, 0.4) is 0 Å². The second kappa shape index (κ2) is 7.73. The van der Waals surface area contributed by atoms with Crippen LogP contribution in [0.2, 0.25) is 5.02 Å². The molecule has 1 aromatic heterocycles. The largest absolute Gasteiger partial charge is 0.451 e. The second-order valence-corrected chi connectivity index (χ2v) is 7.78. The van der Waals surface area contributed by atoms with Crippen LogP contribution in [0, 0.1) is 12.7 Å². The first-order valence-electron chi connectivity index (χ1n) is 7.46. The van der Waals surface area contributed by atoms with Crippen molar-refractivity contribution in [2.75, 3.05) is 11.9 Å². The Hall–Kier alpha value is -1.96. The molecule has 0 radical (unpaired) electrons. The molecule has 0 aliphatic carbocycles. The third kappa shape index (κ3) is 4.06. The minimum absolute atomic E-state index is 0.136. The Bertz CT molecular complexity index is 1020. The van der Waals surface area contributed by atoms with Crippen molar-refractivity contribution in [2.45, 2.75) is 6.92 Å². The third-order valence-corrected chi connectivity index (χ3v) is 5.80. The minimum Gasteiger partial charge on any atom is -0.451 e. The number of benzene rings is 2. The molecule has 4 nitrogen and oxygen atoms in total. The lowest BCUT2D eigenvalue weighted by atomic mass is 10.2. The van der Waals surface area contributed by atoms with E-state index in [0.717, 1.165) is 21.4 Å². The van der Waals surface area contributed by atoms with E-state index in [-0.39, 0.29) is 9.90 Å². The quantitative estimate of drug-likeness (QED) is 0.523. The fourth-order valence-corrected chi connectivity index (χ4v) is 4.29. The number of nitrogens with one attached hydrogen (secondary N) is 1. The van der Waals surface area contributed by atoms with E-state index in [1.807, 2.05) is 19.1 Å². The fraction of sp³-hybridized carbons (Fsp3) is 0.111. The number of amides is 1. The highest BCUT2D eigenvalue weighted by Gasteiger charge is 2.20. The van der Waals surface area contributed by atoms with Crippen molar-refractivity contribution < 1.29 is 18.7 Å². The van der Waals surface area contributed by atoms with Gasteiger partial charge in [0.2, 0.25) is 0 Å². The van der Waals surface area contributed by atoms with Crippen molar-refractivity contribution in [3.8, 4) is 0 Å². The lowest BCUT2D eigenvalue weighted by Gasteiger charge is -2.08. The van der Waals surface area contributed by atoms with Crippen LogP contribution in [-0.2, 0) is 9.53 Å². The van der Waals surface area contributed by atoms with Gasteiger partial charge >= 0.3 is 5.97 Å². The molecule has 0 spiro atoms. The van der Waals surface area contributed by atoms with Crippen molar-refractivity contribution in [2.24, 2.45) is 0 Å². The van der Waals surface area contributed by atoms with Gasteiger partial charge in [0.15, 0.2) is 6.61 Å². The van der Waals surface area contributed by atoms with Crippen LogP contribution >= 0.6 is 38.9 Å². The van der Waals surface area contributed by atoms with Crippen molar-refractivity contribution in [3.63, 3.8) is 0 Å². The lowest BCUT2D eigenvalue weighted by molar-refractivity contribution is -0.119. The summed E-state index contributed by atoms with van der Waals surface area (Å²) in [6, 6.07) is 9.52. The van der Waals surface area contributed by atoms with Gasteiger partial charge in [-0.2, -0.15) is 0 Å². The van der Waals surface area contributed by atoms with Gasteiger partial charge in [-0.15, -0.1) is 11.3 Å². The summed E-state index contributed by atoms with van der Waals surface area (Å²) < 4.78 is 19.6. The standard InChI is InChI=1S/C18H12BrClFNO3S/c1-9-2-5-13(12(19)6-9)22-15(23)8-25-18(24)17-16(20)11-4-3-10(21)7-14(11)26-17/h2-7H,8H2,1H3,(H,22,23). The lowest BCUT2D eigenvalue weighted by Crippen LogP contribution is -2.20. The Morgan fingerprint density at radius 3 is 2.77 bits per heavy atom. The van der Waals surface area contributed by atoms with Gasteiger partial charge in [-0.05, 0) is 58.7 Å². The Morgan fingerprint density at radius 1 is 1.27 bits per heavy atom. The van der Waals surface area contributed by atoms with Gasteiger partial charge < -0.3 is 10.1 Å². The first kappa shape index (κ1) is 18.8. The summed E-state index contributed by atoms with van der Waals surface area (Å²) in [4.78, 5) is 24.3. The van der Waals surface area contributed by atoms with Crippen molar-refractivity contribution in [1.29, 1.82) is 0 Å². The molecule has 0 aliphatic rings. The van der Waals surface area contributed by atoms with Crippen LogP contribution in [-0.4, -0.2) is 18.5 Å². The van der Waals surface area contributed by atoms with Crippen molar-refractivity contribution >= 4 is 66.5 Å². The first-order chi connectivity index (χ1) is 12.3. The van der Waals surface area contributed by atoms with Crippen molar-refractivity contribution in [3.05, 3.63) is 62.2 Å². The Morgan fingerprint density at radius 2 is 2.04 bits per heavy atom. The zero-order chi connectivity index (χ0) is 18.8. The number of aryl methyl sites for hydroxylation is 1. The number of halogens is 3. The number of fused-ring (bicyclic) bond motifs is 1. The number of ether oxygens (including phenoxy) is 1. The van der Waals surface area contributed by atoms with E-state index in [4.69, 9.17) is 16.3 Å². The molecule has 0 aliphatic heterocycles. The normalized spacial score (nSPS) is 10.8. The van der Waals surface area contributed by atoms with E-state index >= 15 is 0 Å². The molecule has 0 fully saturated rings. The molecule has 8 heteroatoms. The summed E-state index contributed by atoms with van der Waals surface area (Å²) in [6.07, 6.45) is 0. The molecular weight excluding hydrogens is 445 g/mol. The topological polar surface area (TPSA) is 55.4 Å². The van der Waals surface area contributed by atoms with Gasteiger partial charge in [0.25, 0.3) is 5.91 Å². The highest BCUT2D eigenvalue weighted by atomic mass is 79.9.